The van der Waals surface area contributed by atoms with Gasteiger partial charge in [-0.05, 0) is 38.5 Å². The second kappa shape index (κ2) is 5.94. The van der Waals surface area contributed by atoms with Gasteiger partial charge in [-0.15, -0.1) is 0 Å². The normalized spacial score (nSPS) is 11.3. The van der Waals surface area contributed by atoms with E-state index < -0.39 is 0 Å². The lowest BCUT2D eigenvalue weighted by molar-refractivity contribution is 0.245. The molecule has 0 amide bonds. The van der Waals surface area contributed by atoms with Crippen LogP contribution in [-0.4, -0.2) is 10.7 Å². The second-order valence-corrected chi connectivity index (χ2v) is 5.07. The highest BCUT2D eigenvalue weighted by atomic mass is 16.5. The highest BCUT2D eigenvalue weighted by molar-refractivity contribution is 5.86. The average Bonchev–Trinajstić information content (AvgIpc) is 2.74. The number of nitrogens with zero attached hydrogens (tertiary/aromatic N) is 1. The van der Waals surface area contributed by atoms with Gasteiger partial charge in [-0.25, -0.2) is 0 Å². The van der Waals surface area contributed by atoms with Crippen molar-refractivity contribution >= 4 is 10.9 Å². The van der Waals surface area contributed by atoms with Gasteiger partial charge in [0, 0.05) is 18.1 Å². The molecule has 2 rings (SSSR count). The summed E-state index contributed by atoms with van der Waals surface area (Å²) in [5.74, 6) is 0.997. The molecule has 0 atom stereocenters. The van der Waals surface area contributed by atoms with E-state index in [1.807, 2.05) is 0 Å². The Bertz CT molecular complexity index is 499. The molecule has 1 aromatic heterocycles. The van der Waals surface area contributed by atoms with E-state index >= 15 is 0 Å². The molecule has 1 aromatic carbocycles. The summed E-state index contributed by atoms with van der Waals surface area (Å²) in [6.07, 6.45) is 6.20. The summed E-state index contributed by atoms with van der Waals surface area (Å²) in [4.78, 5) is 0. The first kappa shape index (κ1) is 13.0. The number of rotatable bonds is 6. The summed E-state index contributed by atoms with van der Waals surface area (Å²) in [6, 6.07) is 8.47. The Labute approximate surface area is 110 Å². The van der Waals surface area contributed by atoms with Gasteiger partial charge < -0.3 is 9.30 Å². The Morgan fingerprint density at radius 1 is 1.17 bits per heavy atom. The Hall–Kier alpha value is -1.44. The fraction of sp³-hybridized carbons (Fsp3) is 0.500. The number of aromatic nitrogens is 1. The van der Waals surface area contributed by atoms with Crippen molar-refractivity contribution in [3.63, 3.8) is 0 Å². The van der Waals surface area contributed by atoms with Crippen LogP contribution in [0.1, 0.15) is 40.0 Å². The summed E-state index contributed by atoms with van der Waals surface area (Å²) in [7, 11) is 0. The van der Waals surface area contributed by atoms with E-state index in [1.165, 1.54) is 30.2 Å². The van der Waals surface area contributed by atoms with E-state index in [1.54, 1.807) is 0 Å². The first-order chi connectivity index (χ1) is 8.72. The molecule has 18 heavy (non-hydrogen) atoms. The van der Waals surface area contributed by atoms with Crippen LogP contribution in [-0.2, 0) is 6.54 Å². The zero-order valence-corrected chi connectivity index (χ0v) is 11.6. The van der Waals surface area contributed by atoms with Gasteiger partial charge in [0.05, 0.1) is 11.6 Å². The van der Waals surface area contributed by atoms with E-state index in [2.05, 4.69) is 55.8 Å². The number of aryl methyl sites for hydroxylation is 1. The van der Waals surface area contributed by atoms with Crippen LogP contribution in [0.3, 0.4) is 0 Å². The molecule has 0 radical (unpaired) electrons. The molecule has 0 aliphatic rings. The standard InChI is InChI=1S/C16H23NO/c1-4-5-6-11-17-12-10-14-15(17)8-7-9-16(14)18-13(2)3/h7-10,12-13H,4-6,11H2,1-3H3. The van der Waals surface area contributed by atoms with Gasteiger partial charge in [-0.3, -0.25) is 0 Å². The van der Waals surface area contributed by atoms with Gasteiger partial charge in [0.15, 0.2) is 0 Å². The summed E-state index contributed by atoms with van der Waals surface area (Å²) < 4.78 is 8.18. The molecule has 0 bridgehead atoms. The molecule has 0 aliphatic heterocycles. The molecule has 98 valence electrons. The van der Waals surface area contributed by atoms with E-state index in [0.717, 1.165) is 12.3 Å². The lowest BCUT2D eigenvalue weighted by Gasteiger charge is -2.11. The molecule has 2 nitrogen and oxygen atoms in total. The lowest BCUT2D eigenvalue weighted by Crippen LogP contribution is -2.05. The van der Waals surface area contributed by atoms with Gasteiger partial charge in [0.2, 0.25) is 0 Å². The van der Waals surface area contributed by atoms with Crippen molar-refractivity contribution in [1.29, 1.82) is 0 Å². The zero-order valence-electron chi connectivity index (χ0n) is 11.6. The van der Waals surface area contributed by atoms with Gasteiger partial charge in [-0.2, -0.15) is 0 Å². The monoisotopic (exact) mass is 245 g/mol. The number of unbranched alkanes of at least 4 members (excludes halogenated alkanes) is 2. The van der Waals surface area contributed by atoms with Gasteiger partial charge in [0.25, 0.3) is 0 Å². The van der Waals surface area contributed by atoms with E-state index in [0.29, 0.717) is 0 Å². The van der Waals surface area contributed by atoms with Crippen LogP contribution in [0.15, 0.2) is 30.5 Å². The quantitative estimate of drug-likeness (QED) is 0.677. The Kier molecular flexibility index (Phi) is 4.29. The molecule has 0 fully saturated rings. The predicted molar refractivity (Wildman–Crippen MR) is 77.2 cm³/mol. The lowest BCUT2D eigenvalue weighted by atomic mass is 10.2. The summed E-state index contributed by atoms with van der Waals surface area (Å²) in [5, 5.41) is 1.22. The Balaban J connectivity index is 2.24. The first-order valence-electron chi connectivity index (χ1n) is 6.97. The molecule has 0 aliphatic carbocycles. The summed E-state index contributed by atoms with van der Waals surface area (Å²) in [6.45, 7) is 7.47. The average molecular weight is 245 g/mol. The second-order valence-electron chi connectivity index (χ2n) is 5.07. The zero-order chi connectivity index (χ0) is 13.0. The Morgan fingerprint density at radius 3 is 2.72 bits per heavy atom. The van der Waals surface area contributed by atoms with Crippen molar-refractivity contribution in [2.75, 3.05) is 0 Å². The molecule has 0 saturated heterocycles. The van der Waals surface area contributed by atoms with Crippen LogP contribution in [0.5, 0.6) is 5.75 Å². The van der Waals surface area contributed by atoms with E-state index in [-0.39, 0.29) is 6.10 Å². The third-order valence-corrected chi connectivity index (χ3v) is 3.14. The predicted octanol–water partition coefficient (Wildman–Crippen LogP) is 4.62. The first-order valence-corrected chi connectivity index (χ1v) is 6.97. The minimum atomic E-state index is 0.221. The summed E-state index contributed by atoms with van der Waals surface area (Å²) in [5.41, 5.74) is 1.28. The van der Waals surface area contributed by atoms with Crippen LogP contribution in [0, 0.1) is 0 Å². The molecule has 0 N–H and O–H groups in total. The number of hydrogen-bond donors (Lipinski definition) is 0. The molecule has 0 unspecified atom stereocenters. The van der Waals surface area contributed by atoms with Crippen molar-refractivity contribution in [2.45, 2.75) is 52.7 Å². The van der Waals surface area contributed by atoms with E-state index in [9.17, 15) is 0 Å². The topological polar surface area (TPSA) is 14.2 Å². The number of hydrogen-bond acceptors (Lipinski definition) is 1. The molecular weight excluding hydrogens is 222 g/mol. The minimum Gasteiger partial charge on any atom is -0.490 e. The molecule has 0 saturated carbocycles. The van der Waals surface area contributed by atoms with Crippen molar-refractivity contribution in [1.82, 2.24) is 4.57 Å². The number of fused-ring (bicyclic) bond motifs is 1. The van der Waals surface area contributed by atoms with Crippen LogP contribution in [0.2, 0.25) is 0 Å². The fourth-order valence-corrected chi connectivity index (χ4v) is 2.28. The van der Waals surface area contributed by atoms with Crippen molar-refractivity contribution in [3.05, 3.63) is 30.5 Å². The number of benzene rings is 1. The van der Waals surface area contributed by atoms with Crippen LogP contribution in [0.25, 0.3) is 10.9 Å². The molecular formula is C16H23NO. The third-order valence-electron chi connectivity index (χ3n) is 3.14. The van der Waals surface area contributed by atoms with Crippen LogP contribution < -0.4 is 4.74 Å². The molecule has 2 heteroatoms. The van der Waals surface area contributed by atoms with Gasteiger partial charge in [-0.1, -0.05) is 25.8 Å². The van der Waals surface area contributed by atoms with Crippen molar-refractivity contribution in [2.24, 2.45) is 0 Å². The highest BCUT2D eigenvalue weighted by Crippen LogP contribution is 2.27. The SMILES string of the molecule is CCCCCn1ccc2c(OC(C)C)cccc21. The minimum absolute atomic E-state index is 0.221. The maximum atomic E-state index is 5.85. The highest BCUT2D eigenvalue weighted by Gasteiger charge is 2.07. The van der Waals surface area contributed by atoms with Gasteiger partial charge >= 0.3 is 0 Å². The fourth-order valence-electron chi connectivity index (χ4n) is 2.28. The number of ether oxygens (including phenoxy) is 1. The van der Waals surface area contributed by atoms with E-state index in [4.69, 9.17) is 4.74 Å². The van der Waals surface area contributed by atoms with Crippen molar-refractivity contribution < 1.29 is 4.74 Å². The third kappa shape index (κ3) is 2.87. The maximum absolute atomic E-state index is 5.85. The Morgan fingerprint density at radius 2 is 2.00 bits per heavy atom. The van der Waals surface area contributed by atoms with Crippen molar-refractivity contribution in [3.8, 4) is 5.75 Å². The van der Waals surface area contributed by atoms with Gasteiger partial charge in [0.1, 0.15) is 5.75 Å². The molecule has 1 heterocycles. The van der Waals surface area contributed by atoms with Crippen LogP contribution >= 0.6 is 0 Å². The largest absolute Gasteiger partial charge is 0.490 e. The summed E-state index contributed by atoms with van der Waals surface area (Å²) >= 11 is 0. The molecule has 0 spiro atoms. The smallest absolute Gasteiger partial charge is 0.129 e. The van der Waals surface area contributed by atoms with Crippen LogP contribution in [0.4, 0.5) is 0 Å². The molecule has 2 aromatic rings. The maximum Gasteiger partial charge on any atom is 0.129 e.